The molecule has 2 aromatic carbocycles. The molecule has 138 valence electrons. The first-order valence-corrected chi connectivity index (χ1v) is 9.21. The van der Waals surface area contributed by atoms with Crippen LogP contribution in [0, 0.1) is 0 Å². The van der Waals surface area contributed by atoms with Crippen LogP contribution in [-0.4, -0.2) is 22.0 Å². The van der Waals surface area contributed by atoms with E-state index in [1.165, 1.54) is 16.2 Å². The van der Waals surface area contributed by atoms with Crippen molar-refractivity contribution < 1.29 is 14.7 Å². The van der Waals surface area contributed by atoms with E-state index in [0.29, 0.717) is 23.5 Å². The van der Waals surface area contributed by atoms with Crippen LogP contribution in [0.25, 0.3) is 0 Å². The van der Waals surface area contributed by atoms with Gasteiger partial charge in [-0.25, -0.2) is 4.79 Å². The molecule has 27 heavy (non-hydrogen) atoms. The van der Waals surface area contributed by atoms with Crippen molar-refractivity contribution in [1.82, 2.24) is 4.90 Å². The topological polar surface area (TPSA) is 95.7 Å². The van der Waals surface area contributed by atoms with Gasteiger partial charge in [-0.2, -0.15) is 11.3 Å². The van der Waals surface area contributed by atoms with E-state index in [9.17, 15) is 14.7 Å². The minimum atomic E-state index is -0.984. The number of para-hydroxylation sites is 2. The molecule has 0 atom stereocenters. The van der Waals surface area contributed by atoms with Crippen LogP contribution >= 0.6 is 11.3 Å². The van der Waals surface area contributed by atoms with Gasteiger partial charge in [0.25, 0.3) is 5.91 Å². The number of amides is 2. The minimum absolute atomic E-state index is 0.249. The summed E-state index contributed by atoms with van der Waals surface area (Å²) in [6, 6.07) is 15.8. The SMILES string of the molecule is Nc1ccccc1NC(=O)c1ccc(CN(Cc2ccsc2)C(=O)O)cc1. The summed E-state index contributed by atoms with van der Waals surface area (Å²) in [4.78, 5) is 25.2. The Morgan fingerprint density at radius 1 is 1.00 bits per heavy atom. The molecule has 1 aromatic heterocycles. The number of hydrogen-bond donors (Lipinski definition) is 3. The van der Waals surface area contributed by atoms with Gasteiger partial charge in [0.2, 0.25) is 0 Å². The number of hydrogen-bond acceptors (Lipinski definition) is 4. The van der Waals surface area contributed by atoms with E-state index in [4.69, 9.17) is 5.73 Å². The molecule has 0 aliphatic rings. The second kappa shape index (κ2) is 8.37. The number of anilines is 2. The van der Waals surface area contributed by atoms with E-state index < -0.39 is 6.09 Å². The van der Waals surface area contributed by atoms with E-state index in [1.807, 2.05) is 16.8 Å². The van der Waals surface area contributed by atoms with Crippen molar-refractivity contribution in [2.75, 3.05) is 11.1 Å². The molecule has 2 amide bonds. The van der Waals surface area contributed by atoms with E-state index >= 15 is 0 Å². The van der Waals surface area contributed by atoms with Gasteiger partial charge in [-0.3, -0.25) is 9.69 Å². The third-order valence-corrected chi connectivity index (χ3v) is 4.75. The fourth-order valence-electron chi connectivity index (χ4n) is 2.58. The highest BCUT2D eigenvalue weighted by Crippen LogP contribution is 2.18. The van der Waals surface area contributed by atoms with E-state index in [-0.39, 0.29) is 12.5 Å². The summed E-state index contributed by atoms with van der Waals surface area (Å²) in [5.74, 6) is -0.271. The van der Waals surface area contributed by atoms with Gasteiger partial charge in [0, 0.05) is 12.1 Å². The van der Waals surface area contributed by atoms with E-state index in [0.717, 1.165) is 11.1 Å². The molecule has 0 fully saturated rings. The van der Waals surface area contributed by atoms with Crippen LogP contribution in [0.15, 0.2) is 65.4 Å². The van der Waals surface area contributed by atoms with Crippen molar-refractivity contribution in [3.05, 3.63) is 82.0 Å². The summed E-state index contributed by atoms with van der Waals surface area (Å²) in [6.45, 7) is 0.576. The van der Waals surface area contributed by atoms with Gasteiger partial charge in [-0.1, -0.05) is 24.3 Å². The Morgan fingerprint density at radius 3 is 2.33 bits per heavy atom. The molecule has 0 aliphatic heterocycles. The lowest BCUT2D eigenvalue weighted by molar-refractivity contribution is 0.102. The molecule has 1 heterocycles. The van der Waals surface area contributed by atoms with Crippen LogP contribution in [0.3, 0.4) is 0 Å². The number of nitrogen functional groups attached to an aromatic ring is 1. The smallest absolute Gasteiger partial charge is 0.407 e. The molecule has 7 heteroatoms. The summed E-state index contributed by atoms with van der Waals surface area (Å²) in [7, 11) is 0. The second-order valence-corrected chi connectivity index (χ2v) is 6.79. The van der Waals surface area contributed by atoms with Gasteiger partial charge in [0.15, 0.2) is 0 Å². The Kier molecular flexibility index (Phi) is 5.73. The first kappa shape index (κ1) is 18.5. The minimum Gasteiger partial charge on any atom is -0.465 e. The second-order valence-electron chi connectivity index (χ2n) is 6.01. The highest BCUT2D eigenvalue weighted by molar-refractivity contribution is 7.07. The fourth-order valence-corrected chi connectivity index (χ4v) is 3.24. The molecule has 0 radical (unpaired) electrons. The normalized spacial score (nSPS) is 10.4. The van der Waals surface area contributed by atoms with Crippen LogP contribution in [0.4, 0.5) is 16.2 Å². The molecule has 6 nitrogen and oxygen atoms in total. The van der Waals surface area contributed by atoms with Gasteiger partial charge >= 0.3 is 6.09 Å². The average molecular weight is 381 g/mol. The lowest BCUT2D eigenvalue weighted by atomic mass is 10.1. The van der Waals surface area contributed by atoms with Crippen molar-refractivity contribution in [2.45, 2.75) is 13.1 Å². The third-order valence-electron chi connectivity index (χ3n) is 4.02. The quantitative estimate of drug-likeness (QED) is 0.556. The van der Waals surface area contributed by atoms with Crippen LogP contribution in [-0.2, 0) is 13.1 Å². The van der Waals surface area contributed by atoms with Crippen LogP contribution in [0.2, 0.25) is 0 Å². The Morgan fingerprint density at radius 2 is 1.70 bits per heavy atom. The van der Waals surface area contributed by atoms with Gasteiger partial charge < -0.3 is 16.2 Å². The predicted octanol–water partition coefficient (Wildman–Crippen LogP) is 4.26. The Hall–Kier alpha value is -3.32. The van der Waals surface area contributed by atoms with Gasteiger partial charge in [-0.05, 0) is 52.2 Å². The third kappa shape index (κ3) is 4.86. The zero-order chi connectivity index (χ0) is 19.2. The van der Waals surface area contributed by atoms with Crippen molar-refractivity contribution in [2.24, 2.45) is 0 Å². The summed E-state index contributed by atoms with van der Waals surface area (Å²) < 4.78 is 0. The number of carbonyl (C=O) groups excluding carboxylic acids is 1. The largest absolute Gasteiger partial charge is 0.465 e. The van der Waals surface area contributed by atoms with Crippen molar-refractivity contribution in [3.63, 3.8) is 0 Å². The number of nitrogens with two attached hydrogens (primary N) is 1. The van der Waals surface area contributed by atoms with Crippen LogP contribution < -0.4 is 11.1 Å². The van der Waals surface area contributed by atoms with Gasteiger partial charge in [-0.15, -0.1) is 0 Å². The number of nitrogens with one attached hydrogen (secondary N) is 1. The number of carbonyl (C=O) groups is 2. The molecule has 4 N–H and O–H groups in total. The zero-order valence-electron chi connectivity index (χ0n) is 14.5. The highest BCUT2D eigenvalue weighted by Gasteiger charge is 2.14. The van der Waals surface area contributed by atoms with E-state index in [2.05, 4.69) is 5.32 Å². The molecule has 0 saturated heterocycles. The predicted molar refractivity (Wildman–Crippen MR) is 107 cm³/mol. The molecule has 0 saturated carbocycles. The van der Waals surface area contributed by atoms with Crippen LogP contribution in [0.5, 0.6) is 0 Å². The number of rotatable bonds is 6. The van der Waals surface area contributed by atoms with Crippen molar-refractivity contribution in [1.29, 1.82) is 0 Å². The lowest BCUT2D eigenvalue weighted by Gasteiger charge is -2.19. The first-order chi connectivity index (χ1) is 13.0. The molecule has 0 bridgehead atoms. The molecule has 3 aromatic rings. The monoisotopic (exact) mass is 381 g/mol. The van der Waals surface area contributed by atoms with Crippen molar-refractivity contribution in [3.8, 4) is 0 Å². The Labute approximate surface area is 160 Å². The molecule has 0 unspecified atom stereocenters. The van der Waals surface area contributed by atoms with Gasteiger partial charge in [0.05, 0.1) is 17.9 Å². The Bertz CT molecular complexity index is 924. The number of nitrogens with zero attached hydrogens (tertiary/aromatic N) is 1. The first-order valence-electron chi connectivity index (χ1n) is 8.26. The van der Waals surface area contributed by atoms with Crippen LogP contribution in [0.1, 0.15) is 21.5 Å². The maximum Gasteiger partial charge on any atom is 0.407 e. The zero-order valence-corrected chi connectivity index (χ0v) is 15.3. The summed E-state index contributed by atoms with van der Waals surface area (Å²) >= 11 is 1.53. The summed E-state index contributed by atoms with van der Waals surface area (Å²) in [5.41, 5.74) is 9.12. The van der Waals surface area contributed by atoms with Crippen molar-refractivity contribution >= 4 is 34.7 Å². The fraction of sp³-hybridized carbons (Fsp3) is 0.100. The number of carboxylic acid groups (broad SMARTS) is 1. The lowest BCUT2D eigenvalue weighted by Crippen LogP contribution is -2.28. The maximum absolute atomic E-state index is 12.3. The molecule has 3 rings (SSSR count). The maximum atomic E-state index is 12.3. The van der Waals surface area contributed by atoms with E-state index in [1.54, 1.807) is 48.5 Å². The standard InChI is InChI=1S/C20H19N3O3S/c21-17-3-1-2-4-18(17)22-19(24)16-7-5-14(6-8-16)11-23(20(25)26)12-15-9-10-27-13-15/h1-10,13H,11-12,21H2,(H,22,24)(H,25,26). The molecule has 0 aliphatic carbocycles. The summed E-state index contributed by atoms with van der Waals surface area (Å²) in [6.07, 6.45) is -0.984. The molecular formula is C20H19N3O3S. The molecular weight excluding hydrogens is 362 g/mol. The average Bonchev–Trinajstić information content (AvgIpc) is 3.16. The highest BCUT2D eigenvalue weighted by atomic mass is 32.1. The number of benzene rings is 2. The molecule has 0 spiro atoms. The summed E-state index contributed by atoms with van der Waals surface area (Å²) in [5, 5.41) is 16.0. The van der Waals surface area contributed by atoms with Gasteiger partial charge in [0.1, 0.15) is 0 Å². The number of thiophene rings is 1. The Balaban J connectivity index is 1.66.